The number of rotatable bonds is 10. The number of carboxylic acid groups (broad SMARTS) is 1. The molecule has 2 saturated heterocycles. The van der Waals surface area contributed by atoms with E-state index in [1.54, 1.807) is 12.1 Å². The Bertz CT molecular complexity index is 1950. The predicted octanol–water partition coefficient (Wildman–Crippen LogP) is 0.767. The molecule has 252 valence electrons. The highest BCUT2D eigenvalue weighted by Gasteiger charge is 2.55. The van der Waals surface area contributed by atoms with Crippen molar-refractivity contribution >= 4 is 69.4 Å². The number of phenolic OH excluding ortho intramolecular Hbond substituents is 1. The molecule has 0 bridgehead atoms. The Morgan fingerprint density at radius 3 is 2.49 bits per heavy atom. The maximum atomic E-state index is 13.6. The number of carbonyl (C=O) groups is 5. The first kappa shape index (κ1) is 33.1. The van der Waals surface area contributed by atoms with E-state index >= 15 is 0 Å². The molecule has 1 aromatic carbocycles. The van der Waals surface area contributed by atoms with Gasteiger partial charge < -0.3 is 37.1 Å². The van der Waals surface area contributed by atoms with Crippen LogP contribution in [0.3, 0.4) is 0 Å². The number of aliphatic carboxylic acids is 1. The van der Waals surface area contributed by atoms with Crippen molar-refractivity contribution in [2.75, 3.05) is 23.3 Å². The lowest BCUT2D eigenvalue weighted by atomic mass is 9.80. The number of aromatic nitrogens is 3. The number of nitrogens with two attached hydrogens (primary N) is 1. The van der Waals surface area contributed by atoms with Crippen LogP contribution in [0.5, 0.6) is 5.75 Å². The number of phenols is 1. The van der Waals surface area contributed by atoms with Gasteiger partial charge in [-0.05, 0) is 59.5 Å². The number of allylic oxidation sites excluding steroid dienone is 1. The van der Waals surface area contributed by atoms with E-state index in [9.17, 15) is 39.4 Å². The molecule has 0 saturated carbocycles. The van der Waals surface area contributed by atoms with Crippen molar-refractivity contribution in [1.82, 2.24) is 29.9 Å². The summed E-state index contributed by atoms with van der Waals surface area (Å²) >= 11 is 1.92. The average molecular weight is 706 g/mol. The lowest BCUT2D eigenvalue weighted by Crippen LogP contribution is -2.71. The molecule has 0 radical (unpaired) electrons. The van der Waals surface area contributed by atoms with Crippen LogP contribution in [-0.2, 0) is 24.0 Å². The molecule has 49 heavy (non-hydrogen) atoms. The van der Waals surface area contributed by atoms with E-state index in [0.29, 0.717) is 16.8 Å². The lowest BCUT2D eigenvalue weighted by Gasteiger charge is -2.50. The van der Waals surface area contributed by atoms with Crippen molar-refractivity contribution in [2.24, 2.45) is 5.16 Å². The third-order valence-corrected chi connectivity index (χ3v) is 9.83. The third kappa shape index (κ3) is 6.52. The van der Waals surface area contributed by atoms with Gasteiger partial charge in [0.1, 0.15) is 22.9 Å². The number of carboxylic acids is 1. The van der Waals surface area contributed by atoms with Gasteiger partial charge in [-0.25, -0.2) is 4.79 Å². The largest absolute Gasteiger partial charge is 0.508 e. The Hall–Kier alpha value is -5.82. The zero-order valence-corrected chi connectivity index (χ0v) is 26.8. The van der Waals surface area contributed by atoms with E-state index in [-0.39, 0.29) is 58.7 Å². The molecule has 3 aliphatic heterocycles. The molecule has 8 N–H and O–H groups in total. The van der Waals surface area contributed by atoms with Crippen molar-refractivity contribution in [1.29, 1.82) is 0 Å². The smallest absolute Gasteiger partial charge is 0.352 e. The number of hydrogen-bond donors (Lipinski definition) is 7. The minimum Gasteiger partial charge on any atom is -0.508 e. The number of anilines is 2. The summed E-state index contributed by atoms with van der Waals surface area (Å²) in [5.41, 5.74) is 6.35. The molecule has 17 nitrogen and oxygen atoms in total. The van der Waals surface area contributed by atoms with Gasteiger partial charge in [0.15, 0.2) is 5.13 Å². The summed E-state index contributed by atoms with van der Waals surface area (Å²) in [6, 6.07) is 7.99. The van der Waals surface area contributed by atoms with Crippen LogP contribution in [0.2, 0.25) is 0 Å². The fourth-order valence-electron chi connectivity index (χ4n) is 5.86. The first-order valence-electron chi connectivity index (χ1n) is 14.6. The minimum absolute atomic E-state index is 0.000843. The number of benzene rings is 1. The van der Waals surface area contributed by atoms with Gasteiger partial charge in [0.2, 0.25) is 23.4 Å². The normalized spacial score (nSPS) is 20.6. The number of pyridine rings is 1. The summed E-state index contributed by atoms with van der Waals surface area (Å²) < 4.78 is 3.84. The summed E-state index contributed by atoms with van der Waals surface area (Å²) in [4.78, 5) is 75.1. The van der Waals surface area contributed by atoms with Crippen molar-refractivity contribution in [2.45, 2.75) is 30.2 Å². The summed E-state index contributed by atoms with van der Waals surface area (Å²) in [5, 5.41) is 39.7. The van der Waals surface area contributed by atoms with Gasteiger partial charge in [-0.2, -0.15) is 9.36 Å². The van der Waals surface area contributed by atoms with Crippen LogP contribution in [0.1, 0.15) is 30.1 Å². The topological polar surface area (TPSA) is 262 Å². The van der Waals surface area contributed by atoms with E-state index in [4.69, 9.17) is 5.73 Å². The Morgan fingerprint density at radius 1 is 1.14 bits per heavy atom. The molecule has 3 atom stereocenters. The monoisotopic (exact) mass is 705 g/mol. The van der Waals surface area contributed by atoms with E-state index in [2.05, 4.69) is 35.4 Å². The van der Waals surface area contributed by atoms with E-state index < -0.39 is 52.6 Å². The van der Waals surface area contributed by atoms with Gasteiger partial charge in [-0.15, -0.1) is 11.8 Å². The van der Waals surface area contributed by atoms with Gasteiger partial charge in [-0.1, -0.05) is 5.16 Å². The van der Waals surface area contributed by atoms with Crippen LogP contribution in [-0.4, -0.2) is 93.7 Å². The Kier molecular flexibility index (Phi) is 9.27. The highest BCUT2D eigenvalue weighted by Crippen LogP contribution is 2.47. The van der Waals surface area contributed by atoms with Crippen LogP contribution in [0.4, 0.5) is 10.8 Å². The zero-order valence-electron chi connectivity index (χ0n) is 25.2. The van der Waals surface area contributed by atoms with E-state index in [1.807, 2.05) is 0 Å². The van der Waals surface area contributed by atoms with E-state index in [0.717, 1.165) is 28.2 Å². The standard InChI is InChI=1S/C30H27N9O8S2/c31-30-36-24(38-49-30)21(37-47)26(43)35-22-27(44)39-23(29(45)46)18(12-48-28(22)39)20(16-7-10-33-25(16)42)17(13-5-8-32-9-6-13)11-19(41)34-14-1-3-15(40)4-2-14/h1-6,8-9,17,22,28,40,47H,7,10-12H2,(H,33,42)(H,34,41)(H,35,43)(H,45,46)(H2,31,36,38)/t17?,22-,28-/m1/s1. The quantitative estimate of drug-likeness (QED) is 0.0384. The molecule has 1 unspecified atom stereocenters. The molecule has 2 fully saturated rings. The number of hydrogen-bond acceptors (Lipinski definition) is 14. The highest BCUT2D eigenvalue weighted by atomic mass is 32.2. The number of nitrogens with zero attached hydrogens (tertiary/aromatic N) is 5. The van der Waals surface area contributed by atoms with Gasteiger partial charge in [0.05, 0.1) is 0 Å². The maximum Gasteiger partial charge on any atom is 0.352 e. The fourth-order valence-corrected chi connectivity index (χ4v) is 7.66. The van der Waals surface area contributed by atoms with Gasteiger partial charge in [0, 0.05) is 59.8 Å². The van der Waals surface area contributed by atoms with Crippen LogP contribution < -0.4 is 21.7 Å². The fraction of sp³-hybridized carbons (Fsp3) is 0.233. The summed E-state index contributed by atoms with van der Waals surface area (Å²) in [6.45, 7) is 0.289. The SMILES string of the molecule is Nc1nc(C(=NO)C(=O)N[C@@H]2C(=O)N3C(C(=O)O)=C(C(=C4CCNC4=O)C(CC(=O)Nc4ccc(O)cc4)c4ccncc4)CS[C@H]23)ns1. The first-order chi connectivity index (χ1) is 23.6. The molecule has 0 spiro atoms. The van der Waals surface area contributed by atoms with Gasteiger partial charge in [0.25, 0.3) is 11.8 Å². The third-order valence-electron chi connectivity index (χ3n) is 8.01. The summed E-state index contributed by atoms with van der Waals surface area (Å²) in [6.07, 6.45) is 3.06. The number of nitrogen functional groups attached to an aromatic ring is 1. The lowest BCUT2D eigenvalue weighted by molar-refractivity contribution is -0.150. The molecule has 5 heterocycles. The number of carbonyl (C=O) groups excluding carboxylic acids is 4. The molecule has 0 aliphatic carbocycles. The summed E-state index contributed by atoms with van der Waals surface area (Å²) in [7, 11) is 0. The number of fused-ring (bicyclic) bond motifs is 1. The van der Waals surface area contributed by atoms with Gasteiger partial charge in [-0.3, -0.25) is 29.1 Å². The molecule has 19 heteroatoms. The Labute approximate surface area is 285 Å². The number of oxime groups is 1. The molecule has 3 aliphatic rings. The molecule has 6 rings (SSSR count). The number of aromatic hydroxyl groups is 1. The number of amides is 4. The van der Waals surface area contributed by atoms with Crippen molar-refractivity contribution in [3.8, 4) is 5.75 Å². The van der Waals surface area contributed by atoms with Crippen LogP contribution in [0.25, 0.3) is 0 Å². The maximum absolute atomic E-state index is 13.6. The minimum atomic E-state index is -1.45. The van der Waals surface area contributed by atoms with Crippen molar-refractivity contribution in [3.63, 3.8) is 0 Å². The summed E-state index contributed by atoms with van der Waals surface area (Å²) in [5.74, 6) is -5.14. The second kappa shape index (κ2) is 13.7. The predicted molar refractivity (Wildman–Crippen MR) is 175 cm³/mol. The van der Waals surface area contributed by atoms with Crippen LogP contribution >= 0.6 is 23.3 Å². The Morgan fingerprint density at radius 2 is 1.88 bits per heavy atom. The molecule has 2 aromatic heterocycles. The molecule has 3 aromatic rings. The number of nitrogens with one attached hydrogen (secondary N) is 3. The van der Waals surface area contributed by atoms with Crippen molar-refractivity contribution in [3.05, 3.63) is 82.6 Å². The van der Waals surface area contributed by atoms with Crippen molar-refractivity contribution < 1.29 is 39.4 Å². The van der Waals surface area contributed by atoms with E-state index in [1.165, 1.54) is 36.7 Å². The van der Waals surface area contributed by atoms with Crippen LogP contribution in [0, 0.1) is 0 Å². The average Bonchev–Trinajstić information content (AvgIpc) is 3.72. The molecular weight excluding hydrogens is 679 g/mol. The zero-order chi connectivity index (χ0) is 34.8. The number of β-lactam (4-membered cyclic amide) rings is 1. The second-order valence-corrected chi connectivity index (χ2v) is 12.8. The number of thioether (sulfide) groups is 1. The highest BCUT2D eigenvalue weighted by molar-refractivity contribution is 8.00. The Balaban J connectivity index is 1.36. The van der Waals surface area contributed by atoms with Crippen LogP contribution in [0.15, 0.2) is 76.4 Å². The molecule has 4 amide bonds. The second-order valence-electron chi connectivity index (χ2n) is 10.9. The molecular formula is C30H27N9O8S2. The first-order valence-corrected chi connectivity index (χ1v) is 16.4. The van der Waals surface area contributed by atoms with Gasteiger partial charge >= 0.3 is 5.97 Å².